The molecule has 0 aliphatic rings. The highest BCUT2D eigenvalue weighted by molar-refractivity contribution is 5.93. The molecule has 0 spiro atoms. The van der Waals surface area contributed by atoms with E-state index < -0.39 is 0 Å². The molecule has 5 nitrogen and oxygen atoms in total. The molecule has 2 aromatic heterocycles. The largest absolute Gasteiger partial charge is 0.358 e. The fourth-order valence-corrected chi connectivity index (χ4v) is 3.35. The lowest BCUT2D eigenvalue weighted by Gasteiger charge is -2.14. The highest BCUT2D eigenvalue weighted by atomic mass is 16.1. The van der Waals surface area contributed by atoms with Crippen LogP contribution >= 0.6 is 0 Å². The molecule has 25 heavy (non-hydrogen) atoms. The minimum Gasteiger partial charge on any atom is -0.358 e. The lowest BCUT2D eigenvalue weighted by molar-refractivity contribution is -0.121. The lowest BCUT2D eigenvalue weighted by Crippen LogP contribution is -2.34. The van der Waals surface area contributed by atoms with Crippen molar-refractivity contribution in [1.82, 2.24) is 20.1 Å². The average molecular weight is 338 g/mol. The van der Waals surface area contributed by atoms with Crippen LogP contribution in [0.5, 0.6) is 0 Å². The van der Waals surface area contributed by atoms with E-state index in [0.717, 1.165) is 29.7 Å². The standard InChI is InChI=1S/C20H26N4O/c1-13-6-7-14(2)20-19(13)17(16(4)23-20)12-18(25)22-15(3)8-11-24-10-5-9-21-24/h5-7,9-10,15,23H,8,11-12H2,1-4H3,(H,22,25)/t15-/m0/s1. The van der Waals surface area contributed by atoms with Gasteiger partial charge in [0, 0.05) is 41.6 Å². The molecule has 0 unspecified atom stereocenters. The molecule has 0 aliphatic heterocycles. The van der Waals surface area contributed by atoms with Crippen LogP contribution in [-0.4, -0.2) is 26.7 Å². The first-order valence-corrected chi connectivity index (χ1v) is 8.80. The summed E-state index contributed by atoms with van der Waals surface area (Å²) in [7, 11) is 0. The average Bonchev–Trinajstić information content (AvgIpc) is 3.18. The quantitative estimate of drug-likeness (QED) is 0.723. The number of hydrogen-bond acceptors (Lipinski definition) is 2. The number of nitrogens with zero attached hydrogens (tertiary/aromatic N) is 2. The summed E-state index contributed by atoms with van der Waals surface area (Å²) in [5, 5.41) is 8.50. The number of aryl methyl sites for hydroxylation is 4. The number of rotatable bonds is 6. The Balaban J connectivity index is 1.67. The Morgan fingerprint density at radius 3 is 2.76 bits per heavy atom. The molecule has 0 saturated carbocycles. The van der Waals surface area contributed by atoms with Crippen LogP contribution < -0.4 is 5.32 Å². The minimum atomic E-state index is 0.0675. The lowest BCUT2D eigenvalue weighted by atomic mass is 10.0. The summed E-state index contributed by atoms with van der Waals surface area (Å²) in [5.74, 6) is 0.0675. The van der Waals surface area contributed by atoms with Gasteiger partial charge in [-0.05, 0) is 56.9 Å². The van der Waals surface area contributed by atoms with Crippen LogP contribution in [0.2, 0.25) is 0 Å². The van der Waals surface area contributed by atoms with E-state index in [0.29, 0.717) is 6.42 Å². The van der Waals surface area contributed by atoms with E-state index in [9.17, 15) is 4.79 Å². The number of amides is 1. The minimum absolute atomic E-state index is 0.0675. The van der Waals surface area contributed by atoms with Crippen LogP contribution in [0.3, 0.4) is 0 Å². The van der Waals surface area contributed by atoms with Crippen molar-refractivity contribution < 1.29 is 4.79 Å². The third kappa shape index (κ3) is 3.76. The molecule has 1 aromatic carbocycles. The second-order valence-corrected chi connectivity index (χ2v) is 6.88. The summed E-state index contributed by atoms with van der Waals surface area (Å²) in [6.07, 6.45) is 4.98. The zero-order chi connectivity index (χ0) is 18.0. The summed E-state index contributed by atoms with van der Waals surface area (Å²) in [6.45, 7) is 9.09. The smallest absolute Gasteiger partial charge is 0.224 e. The molecule has 0 radical (unpaired) electrons. The van der Waals surface area contributed by atoms with Gasteiger partial charge in [-0.3, -0.25) is 9.48 Å². The van der Waals surface area contributed by atoms with E-state index in [4.69, 9.17) is 0 Å². The third-order valence-electron chi connectivity index (χ3n) is 4.78. The Kier molecular flexibility index (Phi) is 4.93. The molecule has 0 saturated heterocycles. The van der Waals surface area contributed by atoms with Gasteiger partial charge in [0.1, 0.15) is 0 Å². The van der Waals surface area contributed by atoms with Crippen molar-refractivity contribution in [3.05, 3.63) is 53.0 Å². The molecule has 0 bridgehead atoms. The van der Waals surface area contributed by atoms with E-state index in [1.807, 2.05) is 30.8 Å². The van der Waals surface area contributed by atoms with Gasteiger partial charge in [-0.2, -0.15) is 5.10 Å². The van der Waals surface area contributed by atoms with Gasteiger partial charge in [0.15, 0.2) is 0 Å². The van der Waals surface area contributed by atoms with Crippen LogP contribution in [0.1, 0.15) is 35.7 Å². The maximum Gasteiger partial charge on any atom is 0.224 e. The number of H-pyrrole nitrogens is 1. The molecule has 3 aromatic rings. The predicted octanol–water partition coefficient (Wildman–Crippen LogP) is 3.43. The van der Waals surface area contributed by atoms with Crippen LogP contribution in [0.15, 0.2) is 30.6 Å². The maximum absolute atomic E-state index is 12.5. The van der Waals surface area contributed by atoms with Crippen LogP contribution in [0, 0.1) is 20.8 Å². The summed E-state index contributed by atoms with van der Waals surface area (Å²) in [4.78, 5) is 16.0. The molecule has 2 N–H and O–H groups in total. The van der Waals surface area contributed by atoms with Crippen molar-refractivity contribution in [2.75, 3.05) is 0 Å². The van der Waals surface area contributed by atoms with Gasteiger partial charge in [0.2, 0.25) is 5.91 Å². The van der Waals surface area contributed by atoms with Crippen LogP contribution in [0.25, 0.3) is 10.9 Å². The number of carbonyl (C=O) groups excluding carboxylic acids is 1. The third-order valence-corrected chi connectivity index (χ3v) is 4.78. The van der Waals surface area contributed by atoms with Crippen molar-refractivity contribution in [2.24, 2.45) is 0 Å². The number of nitrogens with one attached hydrogen (secondary N) is 2. The SMILES string of the molecule is Cc1[nH]c2c(C)ccc(C)c2c1CC(=O)N[C@@H](C)CCn1cccn1. The maximum atomic E-state index is 12.5. The van der Waals surface area contributed by atoms with Gasteiger partial charge in [0.05, 0.1) is 6.42 Å². The van der Waals surface area contributed by atoms with Crippen molar-refractivity contribution in [3.63, 3.8) is 0 Å². The van der Waals surface area contributed by atoms with Gasteiger partial charge in [0.25, 0.3) is 0 Å². The molecule has 0 aliphatic carbocycles. The highest BCUT2D eigenvalue weighted by Gasteiger charge is 2.16. The van der Waals surface area contributed by atoms with Gasteiger partial charge in [-0.15, -0.1) is 0 Å². The van der Waals surface area contributed by atoms with E-state index in [-0.39, 0.29) is 11.9 Å². The Morgan fingerprint density at radius 1 is 1.28 bits per heavy atom. The number of aromatic nitrogens is 3. The molecular weight excluding hydrogens is 312 g/mol. The zero-order valence-corrected chi connectivity index (χ0v) is 15.4. The van der Waals surface area contributed by atoms with Crippen LogP contribution in [0.4, 0.5) is 0 Å². The fourth-order valence-electron chi connectivity index (χ4n) is 3.35. The summed E-state index contributed by atoms with van der Waals surface area (Å²) >= 11 is 0. The summed E-state index contributed by atoms with van der Waals surface area (Å²) in [6, 6.07) is 6.27. The first kappa shape index (κ1) is 17.3. The van der Waals surface area contributed by atoms with Gasteiger partial charge >= 0.3 is 0 Å². The highest BCUT2D eigenvalue weighted by Crippen LogP contribution is 2.28. The molecule has 0 fully saturated rings. The zero-order valence-electron chi connectivity index (χ0n) is 15.4. The number of carbonyl (C=O) groups is 1. The Hall–Kier alpha value is -2.56. The van der Waals surface area contributed by atoms with E-state index in [1.54, 1.807) is 6.20 Å². The predicted molar refractivity (Wildman–Crippen MR) is 101 cm³/mol. The Morgan fingerprint density at radius 2 is 2.04 bits per heavy atom. The second kappa shape index (κ2) is 7.13. The van der Waals surface area contributed by atoms with Crippen molar-refractivity contribution in [1.29, 1.82) is 0 Å². The molecule has 5 heteroatoms. The fraction of sp³-hybridized carbons (Fsp3) is 0.400. The monoisotopic (exact) mass is 338 g/mol. The second-order valence-electron chi connectivity index (χ2n) is 6.88. The van der Waals surface area contributed by atoms with Gasteiger partial charge < -0.3 is 10.3 Å². The van der Waals surface area contributed by atoms with Crippen molar-refractivity contribution in [3.8, 4) is 0 Å². The van der Waals surface area contributed by atoms with E-state index in [1.165, 1.54) is 16.5 Å². The number of fused-ring (bicyclic) bond motifs is 1. The molecule has 132 valence electrons. The number of aromatic amines is 1. The van der Waals surface area contributed by atoms with Crippen LogP contribution in [-0.2, 0) is 17.8 Å². The molecule has 3 rings (SSSR count). The van der Waals surface area contributed by atoms with Crippen molar-refractivity contribution >= 4 is 16.8 Å². The Labute approximate surface area is 148 Å². The molecule has 1 atom stereocenters. The number of hydrogen-bond donors (Lipinski definition) is 2. The van der Waals surface area contributed by atoms with Gasteiger partial charge in [-0.1, -0.05) is 12.1 Å². The van der Waals surface area contributed by atoms with Crippen molar-refractivity contribution in [2.45, 2.75) is 53.1 Å². The molecular formula is C20H26N4O. The van der Waals surface area contributed by atoms with E-state index in [2.05, 4.69) is 41.4 Å². The first-order chi connectivity index (χ1) is 12.0. The molecule has 1 amide bonds. The topological polar surface area (TPSA) is 62.7 Å². The molecule has 2 heterocycles. The Bertz CT molecular complexity index is 877. The normalized spacial score (nSPS) is 12.5. The van der Waals surface area contributed by atoms with Gasteiger partial charge in [-0.25, -0.2) is 0 Å². The van der Waals surface area contributed by atoms with E-state index >= 15 is 0 Å². The first-order valence-electron chi connectivity index (χ1n) is 8.80. The number of benzene rings is 1. The summed E-state index contributed by atoms with van der Waals surface area (Å²) < 4.78 is 1.89. The summed E-state index contributed by atoms with van der Waals surface area (Å²) in [5.41, 5.74) is 5.74.